The van der Waals surface area contributed by atoms with Crippen molar-refractivity contribution >= 4 is 0 Å². The molecule has 1 aromatic heterocycles. The molecule has 0 saturated heterocycles. The van der Waals surface area contributed by atoms with Gasteiger partial charge in [0.2, 0.25) is 0 Å². The van der Waals surface area contributed by atoms with Gasteiger partial charge in [-0.05, 0) is 31.6 Å². The number of fused-ring (bicyclic) bond motifs is 1. The van der Waals surface area contributed by atoms with Crippen molar-refractivity contribution in [2.45, 2.75) is 39.3 Å². The van der Waals surface area contributed by atoms with Gasteiger partial charge in [-0.25, -0.2) is 0 Å². The third-order valence-electron chi connectivity index (χ3n) is 3.90. The summed E-state index contributed by atoms with van der Waals surface area (Å²) in [5.41, 5.74) is 3.57. The topological polar surface area (TPSA) is 37.3 Å². The Bertz CT molecular complexity index is 493. The highest BCUT2D eigenvalue weighted by molar-refractivity contribution is 5.28. The number of likely N-dealkylation sites (N-methyl/N-ethyl adjacent to an activating group) is 1. The smallest absolute Gasteiger partial charge is 0.255 e. The van der Waals surface area contributed by atoms with Crippen LogP contribution < -0.4 is 10.9 Å². The molecule has 19 heavy (non-hydrogen) atoms. The second-order valence-electron chi connectivity index (χ2n) is 5.52. The zero-order valence-corrected chi connectivity index (χ0v) is 12.3. The lowest BCUT2D eigenvalue weighted by molar-refractivity contribution is 0.305. The van der Waals surface area contributed by atoms with Crippen LogP contribution in [0.4, 0.5) is 0 Å². The molecule has 106 valence electrons. The molecule has 2 rings (SSSR count). The van der Waals surface area contributed by atoms with E-state index in [0.29, 0.717) is 6.54 Å². The van der Waals surface area contributed by atoms with E-state index < -0.39 is 0 Å². The molecule has 0 radical (unpaired) electrons. The number of nitrogens with zero attached hydrogens (tertiary/aromatic N) is 2. The molecule has 0 aromatic carbocycles. The largest absolute Gasteiger partial charge is 0.315 e. The van der Waals surface area contributed by atoms with E-state index >= 15 is 0 Å². The Labute approximate surface area is 115 Å². The van der Waals surface area contributed by atoms with Crippen LogP contribution in [0.3, 0.4) is 0 Å². The van der Waals surface area contributed by atoms with Crippen LogP contribution in [0.2, 0.25) is 0 Å². The molecule has 1 aliphatic heterocycles. The van der Waals surface area contributed by atoms with Gasteiger partial charge in [0.25, 0.3) is 5.56 Å². The van der Waals surface area contributed by atoms with Gasteiger partial charge < -0.3 is 14.8 Å². The minimum atomic E-state index is 0.160. The van der Waals surface area contributed by atoms with Crippen molar-refractivity contribution in [1.29, 1.82) is 0 Å². The molecule has 0 unspecified atom stereocenters. The average Bonchev–Trinajstić information content (AvgIpc) is 2.40. The minimum Gasteiger partial charge on any atom is -0.315 e. The van der Waals surface area contributed by atoms with Crippen molar-refractivity contribution in [3.63, 3.8) is 0 Å². The zero-order valence-electron chi connectivity index (χ0n) is 12.3. The summed E-state index contributed by atoms with van der Waals surface area (Å²) in [5.74, 6) is 0. The summed E-state index contributed by atoms with van der Waals surface area (Å²) in [5, 5.41) is 3.36. The van der Waals surface area contributed by atoms with Gasteiger partial charge in [-0.2, -0.15) is 0 Å². The van der Waals surface area contributed by atoms with Gasteiger partial charge in [0.15, 0.2) is 0 Å². The number of rotatable bonds is 5. The quantitative estimate of drug-likeness (QED) is 0.813. The van der Waals surface area contributed by atoms with Crippen molar-refractivity contribution in [2.24, 2.45) is 7.05 Å². The second-order valence-corrected chi connectivity index (χ2v) is 5.52. The van der Waals surface area contributed by atoms with E-state index in [0.717, 1.165) is 38.0 Å². The second kappa shape index (κ2) is 6.35. The van der Waals surface area contributed by atoms with E-state index in [9.17, 15) is 4.79 Å². The molecule has 0 saturated carbocycles. The lowest BCUT2D eigenvalue weighted by Gasteiger charge is -2.27. The monoisotopic (exact) mass is 263 g/mol. The molecule has 1 aliphatic rings. The van der Waals surface area contributed by atoms with Gasteiger partial charge in [0.1, 0.15) is 0 Å². The highest BCUT2D eigenvalue weighted by atomic mass is 16.1. The van der Waals surface area contributed by atoms with Crippen LogP contribution in [0.5, 0.6) is 0 Å². The summed E-state index contributed by atoms with van der Waals surface area (Å²) in [6, 6.07) is 2.10. The van der Waals surface area contributed by atoms with Crippen LogP contribution >= 0.6 is 0 Å². The molecule has 0 bridgehead atoms. The number of nitrogens with one attached hydrogen (secondary N) is 1. The summed E-state index contributed by atoms with van der Waals surface area (Å²) in [6.45, 7) is 5.83. The van der Waals surface area contributed by atoms with Gasteiger partial charge in [-0.15, -0.1) is 0 Å². The van der Waals surface area contributed by atoms with Crippen LogP contribution in [-0.4, -0.2) is 29.6 Å². The molecule has 4 nitrogen and oxygen atoms in total. The van der Waals surface area contributed by atoms with Gasteiger partial charge >= 0.3 is 0 Å². The van der Waals surface area contributed by atoms with Crippen LogP contribution in [0.15, 0.2) is 10.9 Å². The number of aromatic nitrogens is 1. The maximum atomic E-state index is 12.3. The molecule has 0 aliphatic carbocycles. The maximum absolute atomic E-state index is 12.3. The van der Waals surface area contributed by atoms with Crippen molar-refractivity contribution < 1.29 is 0 Å². The number of hydrogen-bond acceptors (Lipinski definition) is 3. The fraction of sp³-hybridized carbons (Fsp3) is 0.667. The molecule has 4 heteroatoms. The Hall–Kier alpha value is -1.13. The number of unbranched alkanes of at least 4 members (excludes halogenated alkanes) is 1. The minimum absolute atomic E-state index is 0.160. The Morgan fingerprint density at radius 1 is 1.37 bits per heavy atom. The molecule has 1 aromatic rings. The van der Waals surface area contributed by atoms with Crippen molar-refractivity contribution in [3.05, 3.63) is 33.2 Å². The first-order chi connectivity index (χ1) is 9.13. The van der Waals surface area contributed by atoms with Crippen LogP contribution in [-0.2, 0) is 26.6 Å². The first-order valence-corrected chi connectivity index (χ1v) is 7.23. The van der Waals surface area contributed by atoms with Crippen molar-refractivity contribution in [3.8, 4) is 0 Å². The number of pyridine rings is 1. The van der Waals surface area contributed by atoms with E-state index in [1.807, 2.05) is 11.6 Å². The molecule has 1 N–H and O–H groups in total. The molecule has 0 fully saturated rings. The van der Waals surface area contributed by atoms with E-state index in [2.05, 4.69) is 30.3 Å². The molecule has 0 spiro atoms. The van der Waals surface area contributed by atoms with E-state index in [1.54, 1.807) is 0 Å². The summed E-state index contributed by atoms with van der Waals surface area (Å²) < 4.78 is 1.85. The normalized spacial score (nSPS) is 15.5. The Balaban J connectivity index is 2.18. The number of hydrogen-bond donors (Lipinski definition) is 1. The molecule has 2 heterocycles. The predicted molar refractivity (Wildman–Crippen MR) is 78.3 cm³/mol. The fourth-order valence-corrected chi connectivity index (χ4v) is 2.69. The lowest BCUT2D eigenvalue weighted by atomic mass is 10.0. The van der Waals surface area contributed by atoms with Crippen LogP contribution in [0.25, 0.3) is 0 Å². The Kier molecular flexibility index (Phi) is 4.77. The van der Waals surface area contributed by atoms with Gasteiger partial charge in [-0.1, -0.05) is 13.3 Å². The van der Waals surface area contributed by atoms with E-state index in [4.69, 9.17) is 0 Å². The van der Waals surface area contributed by atoms with Crippen molar-refractivity contribution in [2.75, 3.05) is 20.1 Å². The van der Waals surface area contributed by atoms with Gasteiger partial charge in [0, 0.05) is 44.4 Å². The Morgan fingerprint density at radius 3 is 2.89 bits per heavy atom. The van der Waals surface area contributed by atoms with Crippen LogP contribution in [0, 0.1) is 0 Å². The third-order valence-corrected chi connectivity index (χ3v) is 3.90. The molecule has 0 amide bonds. The zero-order chi connectivity index (χ0) is 13.8. The SMILES string of the molecule is CCCCNCc1cc2c(n(C)c1=O)CCN(C)C2. The summed E-state index contributed by atoms with van der Waals surface area (Å²) >= 11 is 0. The highest BCUT2D eigenvalue weighted by Gasteiger charge is 2.18. The summed E-state index contributed by atoms with van der Waals surface area (Å²) in [7, 11) is 4.04. The summed E-state index contributed by atoms with van der Waals surface area (Å²) in [4.78, 5) is 14.6. The summed E-state index contributed by atoms with van der Waals surface area (Å²) in [6.07, 6.45) is 3.31. The molecular formula is C15H25N3O. The van der Waals surface area contributed by atoms with Crippen molar-refractivity contribution in [1.82, 2.24) is 14.8 Å². The molecular weight excluding hydrogens is 238 g/mol. The third kappa shape index (κ3) is 3.25. The first-order valence-electron chi connectivity index (χ1n) is 7.23. The Morgan fingerprint density at radius 2 is 2.16 bits per heavy atom. The molecule has 0 atom stereocenters. The first kappa shape index (κ1) is 14.3. The highest BCUT2D eigenvalue weighted by Crippen LogP contribution is 2.16. The predicted octanol–water partition coefficient (Wildman–Crippen LogP) is 1.26. The maximum Gasteiger partial charge on any atom is 0.255 e. The lowest BCUT2D eigenvalue weighted by Crippen LogP contribution is -2.35. The van der Waals surface area contributed by atoms with Crippen LogP contribution in [0.1, 0.15) is 36.6 Å². The average molecular weight is 263 g/mol. The van der Waals surface area contributed by atoms with Gasteiger partial charge in [-0.3, -0.25) is 4.79 Å². The van der Waals surface area contributed by atoms with Gasteiger partial charge in [0.05, 0.1) is 0 Å². The standard InChI is InChI=1S/C15H25N3O/c1-4-5-7-16-10-12-9-13-11-17(2)8-6-14(13)18(3)15(12)19/h9,16H,4-8,10-11H2,1-3H3. The van der Waals surface area contributed by atoms with E-state index in [1.165, 1.54) is 17.7 Å². The van der Waals surface area contributed by atoms with E-state index in [-0.39, 0.29) is 5.56 Å². The fourth-order valence-electron chi connectivity index (χ4n) is 2.69.